The van der Waals surface area contributed by atoms with Gasteiger partial charge in [-0.3, -0.25) is 0 Å². The molecule has 0 aliphatic carbocycles. The van der Waals surface area contributed by atoms with Gasteiger partial charge in [-0.2, -0.15) is 0 Å². The molecule has 0 aromatic heterocycles. The van der Waals surface area contributed by atoms with E-state index in [4.69, 9.17) is 9.47 Å². The molecule has 188 valence electrons. The van der Waals surface area contributed by atoms with Crippen molar-refractivity contribution >= 4 is 23.3 Å². The topological polar surface area (TPSA) is 76.7 Å². The summed E-state index contributed by atoms with van der Waals surface area (Å²) in [5, 5.41) is 5.67. The molecule has 2 amide bonds. The first-order chi connectivity index (χ1) is 16.0. The largest absolute Gasteiger partial charge is 0.411 e. The van der Waals surface area contributed by atoms with Crippen molar-refractivity contribution in [1.29, 1.82) is 0 Å². The van der Waals surface area contributed by atoms with E-state index in [-0.39, 0.29) is 0 Å². The monoisotopic (exact) mass is 478 g/mol. The highest BCUT2D eigenvalue weighted by molar-refractivity contribution is 5.71. The number of benzene rings is 2. The van der Waals surface area contributed by atoms with E-state index in [1.807, 2.05) is 90.1 Å². The second-order valence-corrected chi connectivity index (χ2v) is 10.4. The Morgan fingerprint density at radius 1 is 0.629 bits per heavy atom. The van der Waals surface area contributed by atoms with Gasteiger partial charge in [-0.05, 0) is 63.8 Å². The number of hydrogen-bond acceptors (Lipinski definition) is 4. The van der Waals surface area contributed by atoms with Crippen molar-refractivity contribution in [2.75, 3.05) is 0 Å². The lowest BCUT2D eigenvalue weighted by Gasteiger charge is -2.32. The Bertz CT molecular complexity index is 1010. The van der Waals surface area contributed by atoms with Crippen molar-refractivity contribution in [3.8, 4) is 0 Å². The van der Waals surface area contributed by atoms with Crippen molar-refractivity contribution in [1.82, 2.24) is 10.6 Å². The number of rotatable bonds is 8. The van der Waals surface area contributed by atoms with Crippen molar-refractivity contribution in [3.63, 3.8) is 0 Å². The summed E-state index contributed by atoms with van der Waals surface area (Å²) in [6.45, 7) is 22.2. The molecule has 2 N–H and O–H groups in total. The second-order valence-electron chi connectivity index (χ2n) is 10.4. The number of allylic oxidation sites excluding steroid dienone is 2. The van der Waals surface area contributed by atoms with Gasteiger partial charge in [-0.1, -0.05) is 72.8 Å². The predicted molar refractivity (Wildman–Crippen MR) is 142 cm³/mol. The lowest BCUT2D eigenvalue weighted by molar-refractivity contribution is -0.136. The van der Waals surface area contributed by atoms with Gasteiger partial charge in [-0.25, -0.2) is 9.59 Å². The van der Waals surface area contributed by atoms with Crippen LogP contribution in [0.5, 0.6) is 0 Å². The molecular weight excluding hydrogens is 440 g/mol. The average Bonchev–Trinajstić information content (AvgIpc) is 2.71. The Labute approximate surface area is 209 Å². The summed E-state index contributed by atoms with van der Waals surface area (Å²) in [7, 11) is 0. The Balaban J connectivity index is 1.99. The number of carbonyl (C=O) groups excluding carboxylic acids is 2. The van der Waals surface area contributed by atoms with Gasteiger partial charge in [0.05, 0.1) is 11.1 Å². The van der Waals surface area contributed by atoms with Crippen LogP contribution in [-0.4, -0.2) is 18.0 Å². The van der Waals surface area contributed by atoms with Gasteiger partial charge in [0, 0.05) is 13.8 Å². The van der Waals surface area contributed by atoms with E-state index in [9.17, 15) is 9.59 Å². The second kappa shape index (κ2) is 10.4. The zero-order valence-corrected chi connectivity index (χ0v) is 22.2. The van der Waals surface area contributed by atoms with Crippen molar-refractivity contribution in [2.45, 2.75) is 72.3 Å². The smallest absolute Gasteiger partial charge is 0.407 e. The van der Waals surface area contributed by atoms with Gasteiger partial charge in [0.1, 0.15) is 0 Å². The molecule has 2 aromatic rings. The van der Waals surface area contributed by atoms with Gasteiger partial charge in [-0.15, -0.1) is 0 Å². The first-order valence-corrected chi connectivity index (χ1v) is 11.6. The van der Waals surface area contributed by atoms with E-state index in [2.05, 4.69) is 23.8 Å². The van der Waals surface area contributed by atoms with Gasteiger partial charge in [0.25, 0.3) is 5.79 Å². The highest BCUT2D eigenvalue weighted by atomic mass is 16.7. The molecule has 0 fully saturated rings. The van der Waals surface area contributed by atoms with E-state index in [0.717, 1.165) is 33.4 Å². The zero-order valence-electron chi connectivity index (χ0n) is 22.2. The highest BCUT2D eigenvalue weighted by Gasteiger charge is 2.33. The van der Waals surface area contributed by atoms with Crippen LogP contribution in [0.4, 0.5) is 9.59 Å². The van der Waals surface area contributed by atoms with Crippen LogP contribution in [0.3, 0.4) is 0 Å². The minimum Gasteiger partial charge on any atom is -0.407 e. The zero-order chi connectivity index (χ0) is 26.6. The molecule has 2 rings (SSSR count). The Kier molecular flexibility index (Phi) is 8.22. The summed E-state index contributed by atoms with van der Waals surface area (Å²) in [6.07, 6.45) is -1.40. The molecule has 0 aliphatic heterocycles. The van der Waals surface area contributed by atoms with Crippen molar-refractivity contribution < 1.29 is 19.1 Å². The summed E-state index contributed by atoms with van der Waals surface area (Å²) in [5.74, 6) is -1.49. The van der Waals surface area contributed by atoms with Crippen LogP contribution < -0.4 is 10.6 Å². The fraction of sp³-hybridized carbons (Fsp3) is 0.379. The summed E-state index contributed by atoms with van der Waals surface area (Å²) >= 11 is 0. The van der Waals surface area contributed by atoms with E-state index in [1.165, 1.54) is 13.8 Å². The Morgan fingerprint density at radius 3 is 1.17 bits per heavy atom. The Morgan fingerprint density at radius 2 is 0.914 bits per heavy atom. The third-order valence-corrected chi connectivity index (χ3v) is 5.70. The van der Waals surface area contributed by atoms with Crippen LogP contribution in [0, 0.1) is 0 Å². The normalized spacial score (nSPS) is 11.9. The summed E-state index contributed by atoms with van der Waals surface area (Å²) < 4.78 is 10.9. The molecule has 0 unspecified atom stereocenters. The lowest BCUT2D eigenvalue weighted by Crippen LogP contribution is -2.48. The number of ether oxygens (including phenoxy) is 2. The summed E-state index contributed by atoms with van der Waals surface area (Å²) in [5.41, 5.74) is 4.37. The predicted octanol–water partition coefficient (Wildman–Crippen LogP) is 7.11. The Hall–Kier alpha value is -3.54. The third kappa shape index (κ3) is 7.74. The molecule has 6 nitrogen and oxygen atoms in total. The maximum Gasteiger partial charge on any atom is 0.411 e. The highest BCUT2D eigenvalue weighted by Crippen LogP contribution is 2.25. The van der Waals surface area contributed by atoms with Gasteiger partial charge in [0.2, 0.25) is 0 Å². The molecule has 2 aromatic carbocycles. The first-order valence-electron chi connectivity index (χ1n) is 11.6. The SMILES string of the molecule is C=C(C)c1ccc(C(C)(C)NC(=O)OC(C)(C)OC(=O)NC(C)(C)c2ccc(C(=C)C)cc2)cc1. The third-order valence-electron chi connectivity index (χ3n) is 5.70. The number of alkyl carbamates (subject to hydrolysis) is 2. The maximum absolute atomic E-state index is 12.6. The molecule has 0 heterocycles. The van der Waals surface area contributed by atoms with Gasteiger partial charge in [0.15, 0.2) is 0 Å². The van der Waals surface area contributed by atoms with Crippen LogP contribution in [0.1, 0.15) is 77.6 Å². The summed E-state index contributed by atoms with van der Waals surface area (Å²) in [6, 6.07) is 15.6. The average molecular weight is 479 g/mol. The molecule has 0 aliphatic rings. The molecule has 6 heteroatoms. The molecule has 0 saturated carbocycles. The van der Waals surface area contributed by atoms with E-state index < -0.39 is 29.1 Å². The molecule has 0 atom stereocenters. The van der Waals surface area contributed by atoms with Crippen molar-refractivity contribution in [2.24, 2.45) is 0 Å². The minimum absolute atomic E-state index is 0.702. The maximum atomic E-state index is 12.6. The van der Waals surface area contributed by atoms with Gasteiger partial charge < -0.3 is 20.1 Å². The molecule has 0 bridgehead atoms. The molecular formula is C29H38N2O4. The van der Waals surface area contributed by atoms with Crippen molar-refractivity contribution in [3.05, 3.63) is 83.9 Å². The lowest BCUT2D eigenvalue weighted by atomic mass is 9.93. The van der Waals surface area contributed by atoms with Crippen LogP contribution in [-0.2, 0) is 20.6 Å². The van der Waals surface area contributed by atoms with Crippen LogP contribution in [0.15, 0.2) is 61.7 Å². The number of nitrogens with one attached hydrogen (secondary N) is 2. The summed E-state index contributed by atoms with van der Waals surface area (Å²) in [4.78, 5) is 25.3. The van der Waals surface area contributed by atoms with E-state index >= 15 is 0 Å². The van der Waals surface area contributed by atoms with Gasteiger partial charge >= 0.3 is 12.2 Å². The van der Waals surface area contributed by atoms with Crippen LogP contribution in [0.25, 0.3) is 11.1 Å². The van der Waals surface area contributed by atoms with E-state index in [0.29, 0.717) is 0 Å². The number of hydrogen-bond donors (Lipinski definition) is 2. The molecule has 35 heavy (non-hydrogen) atoms. The fourth-order valence-corrected chi connectivity index (χ4v) is 3.52. The molecule has 0 saturated heterocycles. The standard InChI is InChI=1S/C29H38N2O4/c1-19(2)21-11-15-23(16-12-21)27(5,6)30-25(32)34-29(9,10)35-26(33)31-28(7,8)24-17-13-22(14-18-24)20(3)4/h11-18H,1,3H2,2,4-10H3,(H,30,32)(H,31,33). The van der Waals surface area contributed by atoms with E-state index in [1.54, 1.807) is 0 Å². The number of carbonyl (C=O) groups is 2. The van der Waals surface area contributed by atoms with Crippen LogP contribution >= 0.6 is 0 Å². The molecule has 0 radical (unpaired) electrons. The quantitative estimate of drug-likeness (QED) is 0.396. The molecule has 0 spiro atoms. The van der Waals surface area contributed by atoms with Crippen LogP contribution in [0.2, 0.25) is 0 Å². The minimum atomic E-state index is -1.49. The number of amides is 2. The fourth-order valence-electron chi connectivity index (χ4n) is 3.52. The first kappa shape index (κ1) is 27.7.